The average Bonchev–Trinajstić information content (AvgIpc) is 2.86. The van der Waals surface area contributed by atoms with E-state index in [1.54, 1.807) is 14.2 Å². The van der Waals surface area contributed by atoms with Crippen molar-refractivity contribution in [3.8, 4) is 11.5 Å². The lowest BCUT2D eigenvalue weighted by Gasteiger charge is -2.08. The second-order valence-electron chi connectivity index (χ2n) is 8.98. The lowest BCUT2D eigenvalue weighted by atomic mass is 10.0. The van der Waals surface area contributed by atoms with Crippen molar-refractivity contribution < 1.29 is 14.2 Å². The maximum absolute atomic E-state index is 5.83. The summed E-state index contributed by atoms with van der Waals surface area (Å²) >= 11 is 0. The summed E-state index contributed by atoms with van der Waals surface area (Å²) in [6.07, 6.45) is 17.6. The van der Waals surface area contributed by atoms with Gasteiger partial charge in [0.05, 0.1) is 14.2 Å². The van der Waals surface area contributed by atoms with Crippen molar-refractivity contribution in [2.75, 3.05) is 27.4 Å². The number of methoxy groups -OCH3 is 2. The molecule has 184 valence electrons. The van der Waals surface area contributed by atoms with Gasteiger partial charge in [-0.25, -0.2) is 0 Å². The second kappa shape index (κ2) is 18.4. The first kappa shape index (κ1) is 27.2. The van der Waals surface area contributed by atoms with Crippen LogP contribution >= 0.6 is 0 Å². The molecule has 0 saturated carbocycles. The van der Waals surface area contributed by atoms with Gasteiger partial charge in [-0.05, 0) is 61.8 Å². The molecule has 0 amide bonds. The fourth-order valence-corrected chi connectivity index (χ4v) is 4.37. The summed E-state index contributed by atoms with van der Waals surface area (Å²) in [5.74, 6) is 2.05. The highest BCUT2D eigenvalue weighted by molar-refractivity contribution is 5.33. The van der Waals surface area contributed by atoms with Crippen LogP contribution in [-0.4, -0.2) is 27.4 Å². The Hall–Kier alpha value is -2.00. The first-order chi connectivity index (χ1) is 16.3. The maximum Gasteiger partial charge on any atom is 0.122 e. The van der Waals surface area contributed by atoms with Gasteiger partial charge in [-0.3, -0.25) is 0 Å². The smallest absolute Gasteiger partial charge is 0.122 e. The molecule has 0 heterocycles. The topological polar surface area (TPSA) is 27.7 Å². The zero-order valence-electron chi connectivity index (χ0n) is 21.2. The van der Waals surface area contributed by atoms with Crippen molar-refractivity contribution in [2.24, 2.45) is 0 Å². The van der Waals surface area contributed by atoms with Gasteiger partial charge in [0.25, 0.3) is 0 Å². The maximum atomic E-state index is 5.83. The standard InChI is InChI=1S/C30H46O3/c1-31-29-23-15-13-21-27(29)19-11-7-3-5-9-17-25-33-26-18-10-6-4-8-12-20-28-22-14-16-24-30(28)32-2/h13-16,21-24H,3-12,17-20,25-26H2,1-2H3. The monoisotopic (exact) mass is 454 g/mol. The van der Waals surface area contributed by atoms with Gasteiger partial charge in [0.2, 0.25) is 0 Å². The van der Waals surface area contributed by atoms with Crippen molar-refractivity contribution >= 4 is 0 Å². The van der Waals surface area contributed by atoms with E-state index < -0.39 is 0 Å². The molecule has 0 saturated heterocycles. The number of unbranched alkanes of at least 4 members (excludes halogenated alkanes) is 10. The van der Waals surface area contributed by atoms with Gasteiger partial charge < -0.3 is 14.2 Å². The number of para-hydroxylation sites is 2. The van der Waals surface area contributed by atoms with E-state index in [0.29, 0.717) is 0 Å². The van der Waals surface area contributed by atoms with E-state index in [2.05, 4.69) is 36.4 Å². The summed E-state index contributed by atoms with van der Waals surface area (Å²) in [7, 11) is 3.51. The SMILES string of the molecule is COc1ccccc1CCCCCCCCOCCCCCCCCc1ccccc1OC. The Labute approximate surface area is 202 Å². The summed E-state index contributed by atoms with van der Waals surface area (Å²) < 4.78 is 16.7. The minimum absolute atomic E-state index is 0.931. The molecule has 0 aliphatic heterocycles. The van der Waals surface area contributed by atoms with Crippen LogP contribution in [0.3, 0.4) is 0 Å². The quantitative estimate of drug-likeness (QED) is 0.189. The molecule has 2 aromatic carbocycles. The van der Waals surface area contributed by atoms with E-state index >= 15 is 0 Å². The fourth-order valence-electron chi connectivity index (χ4n) is 4.37. The zero-order chi connectivity index (χ0) is 23.4. The van der Waals surface area contributed by atoms with E-state index in [1.165, 1.54) is 88.2 Å². The van der Waals surface area contributed by atoms with Gasteiger partial charge in [0.1, 0.15) is 11.5 Å². The summed E-state index contributed by atoms with van der Waals surface area (Å²) in [5.41, 5.74) is 2.67. The third-order valence-corrected chi connectivity index (χ3v) is 6.35. The molecule has 2 rings (SSSR count). The number of hydrogen-bond acceptors (Lipinski definition) is 3. The molecule has 2 aromatic rings. The Balaban J connectivity index is 1.30. The van der Waals surface area contributed by atoms with Crippen LogP contribution in [-0.2, 0) is 17.6 Å². The van der Waals surface area contributed by atoms with E-state index in [4.69, 9.17) is 14.2 Å². The van der Waals surface area contributed by atoms with Crippen LogP contribution in [0.5, 0.6) is 11.5 Å². The Kier molecular flexibility index (Phi) is 15.2. The first-order valence-electron chi connectivity index (χ1n) is 13.2. The van der Waals surface area contributed by atoms with Crippen LogP contribution in [0, 0.1) is 0 Å². The van der Waals surface area contributed by atoms with Gasteiger partial charge in [0.15, 0.2) is 0 Å². The molecule has 33 heavy (non-hydrogen) atoms. The van der Waals surface area contributed by atoms with Crippen molar-refractivity contribution in [3.63, 3.8) is 0 Å². The van der Waals surface area contributed by atoms with Gasteiger partial charge in [-0.15, -0.1) is 0 Å². The van der Waals surface area contributed by atoms with Crippen molar-refractivity contribution in [2.45, 2.75) is 89.9 Å². The minimum atomic E-state index is 0.931. The molecule has 0 radical (unpaired) electrons. The summed E-state index contributed by atoms with van der Waals surface area (Å²) in [4.78, 5) is 0. The Morgan fingerprint density at radius 2 is 0.818 bits per heavy atom. The van der Waals surface area contributed by atoms with Crippen LogP contribution in [0.25, 0.3) is 0 Å². The van der Waals surface area contributed by atoms with Crippen molar-refractivity contribution in [3.05, 3.63) is 59.7 Å². The summed E-state index contributed by atoms with van der Waals surface area (Å²) in [5, 5.41) is 0. The van der Waals surface area contributed by atoms with E-state index in [9.17, 15) is 0 Å². The summed E-state index contributed by atoms with van der Waals surface area (Å²) in [6.45, 7) is 1.86. The van der Waals surface area contributed by atoms with Crippen LogP contribution in [0.4, 0.5) is 0 Å². The molecule has 0 spiro atoms. The molecular weight excluding hydrogens is 408 g/mol. The number of ether oxygens (including phenoxy) is 3. The van der Waals surface area contributed by atoms with Gasteiger partial charge in [-0.2, -0.15) is 0 Å². The van der Waals surface area contributed by atoms with E-state index in [1.807, 2.05) is 12.1 Å². The molecule has 0 unspecified atom stereocenters. The normalized spacial score (nSPS) is 11.0. The highest BCUT2D eigenvalue weighted by Crippen LogP contribution is 2.21. The number of rotatable bonds is 20. The lowest BCUT2D eigenvalue weighted by Crippen LogP contribution is -1.97. The minimum Gasteiger partial charge on any atom is -0.496 e. The third kappa shape index (κ3) is 12.1. The molecule has 0 aliphatic carbocycles. The second-order valence-corrected chi connectivity index (χ2v) is 8.98. The first-order valence-corrected chi connectivity index (χ1v) is 13.2. The van der Waals surface area contributed by atoms with E-state index in [0.717, 1.165) is 37.6 Å². The van der Waals surface area contributed by atoms with E-state index in [-0.39, 0.29) is 0 Å². The predicted octanol–water partition coefficient (Wildman–Crippen LogP) is 8.19. The molecule has 3 heteroatoms. The van der Waals surface area contributed by atoms with Crippen molar-refractivity contribution in [1.29, 1.82) is 0 Å². The van der Waals surface area contributed by atoms with Gasteiger partial charge >= 0.3 is 0 Å². The average molecular weight is 455 g/mol. The fraction of sp³-hybridized carbons (Fsp3) is 0.600. The van der Waals surface area contributed by atoms with Gasteiger partial charge in [0, 0.05) is 13.2 Å². The largest absolute Gasteiger partial charge is 0.496 e. The van der Waals surface area contributed by atoms with Crippen LogP contribution < -0.4 is 9.47 Å². The Morgan fingerprint density at radius 1 is 0.455 bits per heavy atom. The molecule has 0 aliphatic rings. The molecule has 0 fully saturated rings. The van der Waals surface area contributed by atoms with Crippen LogP contribution in [0.15, 0.2) is 48.5 Å². The predicted molar refractivity (Wildman–Crippen MR) is 140 cm³/mol. The number of aryl methyl sites for hydroxylation is 2. The molecule has 0 atom stereocenters. The zero-order valence-corrected chi connectivity index (χ0v) is 21.2. The Morgan fingerprint density at radius 3 is 1.24 bits per heavy atom. The molecule has 3 nitrogen and oxygen atoms in total. The molecule has 0 aromatic heterocycles. The molecular formula is C30H46O3. The Bertz CT molecular complexity index is 666. The van der Waals surface area contributed by atoms with Crippen molar-refractivity contribution in [1.82, 2.24) is 0 Å². The van der Waals surface area contributed by atoms with Gasteiger partial charge in [-0.1, -0.05) is 87.8 Å². The third-order valence-electron chi connectivity index (χ3n) is 6.35. The molecule has 0 N–H and O–H groups in total. The highest BCUT2D eigenvalue weighted by atomic mass is 16.5. The number of hydrogen-bond donors (Lipinski definition) is 0. The molecule has 0 bridgehead atoms. The number of benzene rings is 2. The highest BCUT2D eigenvalue weighted by Gasteiger charge is 2.02. The summed E-state index contributed by atoms with van der Waals surface area (Å²) in [6, 6.07) is 16.7. The van der Waals surface area contributed by atoms with Crippen LogP contribution in [0.1, 0.15) is 88.2 Å². The van der Waals surface area contributed by atoms with Crippen LogP contribution in [0.2, 0.25) is 0 Å². The lowest BCUT2D eigenvalue weighted by molar-refractivity contribution is 0.125.